The van der Waals surface area contributed by atoms with Gasteiger partial charge in [-0.3, -0.25) is 4.99 Å². The fourth-order valence-corrected chi connectivity index (χ4v) is 2.78. The van der Waals surface area contributed by atoms with Gasteiger partial charge in [0.25, 0.3) is 0 Å². The van der Waals surface area contributed by atoms with Gasteiger partial charge in [0.05, 0.1) is 0 Å². The summed E-state index contributed by atoms with van der Waals surface area (Å²) in [6.07, 6.45) is 6.89. The molecular weight excluding hydrogens is 262 g/mol. The number of aromatic nitrogens is 1. The van der Waals surface area contributed by atoms with Crippen molar-refractivity contribution in [1.29, 1.82) is 0 Å². The van der Waals surface area contributed by atoms with Crippen LogP contribution in [-0.4, -0.2) is 55.2 Å². The van der Waals surface area contributed by atoms with Crippen molar-refractivity contribution in [3.8, 4) is 0 Å². The molecule has 1 aliphatic heterocycles. The van der Waals surface area contributed by atoms with Gasteiger partial charge in [0.2, 0.25) is 0 Å². The summed E-state index contributed by atoms with van der Waals surface area (Å²) in [6.45, 7) is 8.85. The molecule has 2 heterocycles. The van der Waals surface area contributed by atoms with Gasteiger partial charge in [-0.25, -0.2) is 0 Å². The van der Waals surface area contributed by atoms with E-state index < -0.39 is 0 Å². The molecule has 1 aromatic rings. The number of guanidine groups is 1. The Kier molecular flexibility index (Phi) is 6.60. The summed E-state index contributed by atoms with van der Waals surface area (Å²) in [5.41, 5.74) is 0. The van der Waals surface area contributed by atoms with Gasteiger partial charge in [0, 0.05) is 45.6 Å². The molecule has 5 heteroatoms. The van der Waals surface area contributed by atoms with Crippen LogP contribution in [0.4, 0.5) is 0 Å². The van der Waals surface area contributed by atoms with E-state index in [0.717, 1.165) is 25.6 Å². The minimum Gasteiger partial charge on any atom is -0.356 e. The summed E-state index contributed by atoms with van der Waals surface area (Å²) < 4.78 is 2.16. The number of hydrogen-bond acceptors (Lipinski definition) is 2. The van der Waals surface area contributed by atoms with E-state index in [2.05, 4.69) is 44.4 Å². The molecule has 1 atom stereocenters. The molecule has 0 aliphatic carbocycles. The molecule has 1 unspecified atom stereocenters. The number of rotatable bonds is 7. The normalized spacial score (nSPS) is 17.9. The third-order valence-electron chi connectivity index (χ3n) is 3.94. The highest BCUT2D eigenvalue weighted by molar-refractivity contribution is 5.79. The maximum absolute atomic E-state index is 4.28. The smallest absolute Gasteiger partial charge is 0.191 e. The molecule has 118 valence electrons. The van der Waals surface area contributed by atoms with Gasteiger partial charge < -0.3 is 20.1 Å². The van der Waals surface area contributed by atoms with Gasteiger partial charge in [-0.1, -0.05) is 6.92 Å². The topological polar surface area (TPSA) is 44.6 Å². The van der Waals surface area contributed by atoms with Crippen molar-refractivity contribution in [2.75, 3.05) is 39.8 Å². The fourth-order valence-electron chi connectivity index (χ4n) is 2.78. The van der Waals surface area contributed by atoms with E-state index in [1.807, 2.05) is 19.2 Å². The van der Waals surface area contributed by atoms with Crippen LogP contribution in [0.15, 0.2) is 29.5 Å². The second kappa shape index (κ2) is 8.72. The molecule has 0 radical (unpaired) electrons. The van der Waals surface area contributed by atoms with E-state index in [1.54, 1.807) is 0 Å². The minimum atomic E-state index is 0.645. The van der Waals surface area contributed by atoms with Crippen LogP contribution in [0.3, 0.4) is 0 Å². The lowest BCUT2D eigenvalue weighted by atomic mass is 10.1. The number of likely N-dealkylation sites (tertiary alicyclic amines) is 1. The molecule has 1 saturated heterocycles. The Labute approximate surface area is 128 Å². The van der Waals surface area contributed by atoms with Crippen LogP contribution in [0.25, 0.3) is 0 Å². The van der Waals surface area contributed by atoms with Crippen molar-refractivity contribution >= 4 is 5.96 Å². The molecule has 21 heavy (non-hydrogen) atoms. The molecule has 0 bridgehead atoms. The molecule has 1 aromatic heterocycles. The van der Waals surface area contributed by atoms with E-state index in [9.17, 15) is 0 Å². The largest absolute Gasteiger partial charge is 0.356 e. The highest BCUT2D eigenvalue weighted by atomic mass is 15.2. The number of nitrogens with zero attached hydrogens (tertiary/aromatic N) is 3. The van der Waals surface area contributed by atoms with Crippen LogP contribution in [0.2, 0.25) is 0 Å². The van der Waals surface area contributed by atoms with E-state index >= 15 is 0 Å². The lowest BCUT2D eigenvalue weighted by Crippen LogP contribution is -2.42. The quantitative estimate of drug-likeness (QED) is 0.589. The Balaban J connectivity index is 1.60. The Bertz CT molecular complexity index is 406. The van der Waals surface area contributed by atoms with E-state index in [0.29, 0.717) is 5.92 Å². The average Bonchev–Trinajstić information content (AvgIpc) is 3.16. The van der Waals surface area contributed by atoms with Crippen molar-refractivity contribution in [2.24, 2.45) is 10.9 Å². The van der Waals surface area contributed by atoms with Crippen LogP contribution < -0.4 is 10.6 Å². The first-order chi connectivity index (χ1) is 10.3. The van der Waals surface area contributed by atoms with Crippen molar-refractivity contribution in [1.82, 2.24) is 20.1 Å². The Hall–Kier alpha value is -1.49. The molecular formula is C16H29N5. The zero-order chi connectivity index (χ0) is 14.9. The fraction of sp³-hybridized carbons (Fsp3) is 0.688. The van der Waals surface area contributed by atoms with Gasteiger partial charge in [0.1, 0.15) is 0 Å². The van der Waals surface area contributed by atoms with Crippen molar-refractivity contribution in [3.63, 3.8) is 0 Å². The Morgan fingerprint density at radius 2 is 1.90 bits per heavy atom. The summed E-state index contributed by atoms with van der Waals surface area (Å²) in [7, 11) is 1.83. The third kappa shape index (κ3) is 5.79. The molecule has 0 amide bonds. The Morgan fingerprint density at radius 1 is 1.19 bits per heavy atom. The first-order valence-electron chi connectivity index (χ1n) is 8.05. The summed E-state index contributed by atoms with van der Waals surface area (Å²) in [4.78, 5) is 6.85. The van der Waals surface area contributed by atoms with Gasteiger partial charge in [-0.05, 0) is 44.0 Å². The van der Waals surface area contributed by atoms with E-state index in [-0.39, 0.29) is 0 Å². The second-order valence-corrected chi connectivity index (χ2v) is 5.91. The summed E-state index contributed by atoms with van der Waals surface area (Å²) in [5, 5.41) is 6.79. The SMILES string of the molecule is CN=C(NCCn1cccc1)NCC(C)CN1CCCC1. The van der Waals surface area contributed by atoms with Crippen LogP contribution in [0.5, 0.6) is 0 Å². The minimum absolute atomic E-state index is 0.645. The summed E-state index contributed by atoms with van der Waals surface area (Å²) in [5.74, 6) is 1.54. The monoisotopic (exact) mass is 291 g/mol. The maximum atomic E-state index is 4.28. The van der Waals surface area contributed by atoms with Crippen LogP contribution in [0, 0.1) is 5.92 Å². The molecule has 2 N–H and O–H groups in total. The molecule has 5 nitrogen and oxygen atoms in total. The molecule has 0 spiro atoms. The van der Waals surface area contributed by atoms with Crippen molar-refractivity contribution in [2.45, 2.75) is 26.3 Å². The number of aliphatic imine (C=N–C) groups is 1. The summed E-state index contributed by atoms with van der Waals surface area (Å²) >= 11 is 0. The van der Waals surface area contributed by atoms with Gasteiger partial charge in [0.15, 0.2) is 5.96 Å². The first-order valence-corrected chi connectivity index (χ1v) is 8.05. The predicted molar refractivity (Wildman–Crippen MR) is 88.6 cm³/mol. The van der Waals surface area contributed by atoms with E-state index in [4.69, 9.17) is 0 Å². The zero-order valence-electron chi connectivity index (χ0n) is 13.4. The second-order valence-electron chi connectivity index (χ2n) is 5.91. The summed E-state index contributed by atoms with van der Waals surface area (Å²) in [6, 6.07) is 4.10. The van der Waals surface area contributed by atoms with Crippen molar-refractivity contribution < 1.29 is 0 Å². The first kappa shape index (κ1) is 15.9. The number of nitrogens with one attached hydrogen (secondary N) is 2. The Morgan fingerprint density at radius 3 is 2.57 bits per heavy atom. The van der Waals surface area contributed by atoms with Gasteiger partial charge in [-0.15, -0.1) is 0 Å². The van der Waals surface area contributed by atoms with Crippen LogP contribution in [0.1, 0.15) is 19.8 Å². The lowest BCUT2D eigenvalue weighted by molar-refractivity contribution is 0.287. The molecule has 0 aromatic carbocycles. The van der Waals surface area contributed by atoms with Crippen molar-refractivity contribution in [3.05, 3.63) is 24.5 Å². The van der Waals surface area contributed by atoms with E-state index in [1.165, 1.54) is 32.5 Å². The third-order valence-corrected chi connectivity index (χ3v) is 3.94. The molecule has 1 aliphatic rings. The average molecular weight is 291 g/mol. The van der Waals surface area contributed by atoms with Gasteiger partial charge >= 0.3 is 0 Å². The highest BCUT2D eigenvalue weighted by Crippen LogP contribution is 2.09. The zero-order valence-corrected chi connectivity index (χ0v) is 13.4. The van der Waals surface area contributed by atoms with Gasteiger partial charge in [-0.2, -0.15) is 0 Å². The maximum Gasteiger partial charge on any atom is 0.191 e. The molecule has 0 saturated carbocycles. The predicted octanol–water partition coefficient (Wildman–Crippen LogP) is 1.38. The lowest BCUT2D eigenvalue weighted by Gasteiger charge is -2.21. The standard InChI is InChI=1S/C16H29N5/c1-15(14-21-10-5-6-11-21)13-19-16(17-2)18-7-12-20-8-3-4-9-20/h3-4,8-9,15H,5-7,10-14H2,1-2H3,(H2,17,18,19). The molecule has 2 rings (SSSR count). The highest BCUT2D eigenvalue weighted by Gasteiger charge is 2.14. The van der Waals surface area contributed by atoms with Crippen LogP contribution in [-0.2, 0) is 6.54 Å². The molecule has 1 fully saturated rings. The number of hydrogen-bond donors (Lipinski definition) is 2. The van der Waals surface area contributed by atoms with Crippen LogP contribution >= 0.6 is 0 Å².